The summed E-state index contributed by atoms with van der Waals surface area (Å²) in [5, 5.41) is 5.02. The lowest BCUT2D eigenvalue weighted by atomic mass is 10.0. The van der Waals surface area contributed by atoms with Crippen LogP contribution in [0.1, 0.15) is 43.4 Å². The lowest BCUT2D eigenvalue weighted by molar-refractivity contribution is -0.127. The first-order valence-corrected chi connectivity index (χ1v) is 14.4. The molecular formula is C32H33N3O6S. The number of thioether (sulfide) groups is 1. The fourth-order valence-electron chi connectivity index (χ4n) is 4.13. The second-order valence-electron chi connectivity index (χ2n) is 9.88. The van der Waals surface area contributed by atoms with Gasteiger partial charge in [0.05, 0.1) is 11.5 Å². The van der Waals surface area contributed by atoms with E-state index in [4.69, 9.17) is 9.47 Å². The molecule has 10 heteroatoms. The standard InChI is InChI=1S/C32H33N3O6S/c1-5-40-27-16-22(10-15-26(27)41-19-30(37)34-25-9-7-6-8-21(25)4)17-28-31(38)35(32(39)42-28)18-29(36)33-24-13-11-23(12-14-24)20(2)3/h6-17,20H,5,18-19H2,1-4H3,(H,33,36)(H,34,37)/b28-17-. The Morgan fingerprint density at radius 1 is 0.929 bits per heavy atom. The average molecular weight is 588 g/mol. The summed E-state index contributed by atoms with van der Waals surface area (Å²) in [6.07, 6.45) is 1.56. The van der Waals surface area contributed by atoms with Crippen molar-refractivity contribution in [2.75, 3.05) is 30.4 Å². The van der Waals surface area contributed by atoms with E-state index in [9.17, 15) is 19.2 Å². The quantitative estimate of drug-likeness (QED) is 0.256. The average Bonchev–Trinajstić information content (AvgIpc) is 3.21. The number of para-hydroxylation sites is 1. The van der Waals surface area contributed by atoms with E-state index in [2.05, 4.69) is 24.5 Å². The maximum atomic E-state index is 13.0. The predicted octanol–water partition coefficient (Wildman–Crippen LogP) is 6.21. The molecule has 3 aromatic rings. The Hall–Kier alpha value is -4.57. The third-order valence-corrected chi connectivity index (χ3v) is 7.29. The fraction of sp³-hybridized carbons (Fsp3) is 0.250. The van der Waals surface area contributed by atoms with Crippen LogP contribution in [0.3, 0.4) is 0 Å². The predicted molar refractivity (Wildman–Crippen MR) is 165 cm³/mol. The molecule has 0 radical (unpaired) electrons. The van der Waals surface area contributed by atoms with Crippen molar-refractivity contribution in [2.24, 2.45) is 0 Å². The van der Waals surface area contributed by atoms with E-state index in [0.717, 1.165) is 27.8 Å². The molecule has 1 aliphatic heterocycles. The Morgan fingerprint density at radius 3 is 2.36 bits per heavy atom. The lowest BCUT2D eigenvalue weighted by Crippen LogP contribution is -2.36. The van der Waals surface area contributed by atoms with Gasteiger partial charge in [-0.1, -0.05) is 50.2 Å². The van der Waals surface area contributed by atoms with E-state index in [1.165, 1.54) is 0 Å². The Balaban J connectivity index is 1.39. The molecular weight excluding hydrogens is 554 g/mol. The molecule has 1 saturated heterocycles. The number of hydrogen-bond donors (Lipinski definition) is 2. The largest absolute Gasteiger partial charge is 0.490 e. The van der Waals surface area contributed by atoms with Gasteiger partial charge in [0.25, 0.3) is 17.1 Å². The van der Waals surface area contributed by atoms with Crippen LogP contribution in [0.4, 0.5) is 16.2 Å². The SMILES string of the molecule is CCOc1cc(/C=C2\SC(=O)N(CC(=O)Nc3ccc(C(C)C)cc3)C2=O)ccc1OCC(=O)Nc1ccccc1C. The minimum absolute atomic E-state index is 0.183. The van der Waals surface area contributed by atoms with Gasteiger partial charge in [-0.05, 0) is 84.6 Å². The van der Waals surface area contributed by atoms with Gasteiger partial charge in [-0.2, -0.15) is 0 Å². The van der Waals surface area contributed by atoms with Crippen molar-refractivity contribution in [3.8, 4) is 11.5 Å². The number of benzene rings is 3. The number of nitrogens with one attached hydrogen (secondary N) is 2. The van der Waals surface area contributed by atoms with E-state index in [1.807, 2.05) is 50.2 Å². The number of ether oxygens (including phenoxy) is 2. The Kier molecular flexibility index (Phi) is 10.0. The molecule has 1 aliphatic rings. The first kappa shape index (κ1) is 30.4. The van der Waals surface area contributed by atoms with Gasteiger partial charge in [0, 0.05) is 11.4 Å². The van der Waals surface area contributed by atoms with Gasteiger partial charge in [0.15, 0.2) is 18.1 Å². The van der Waals surface area contributed by atoms with Gasteiger partial charge in [-0.15, -0.1) is 0 Å². The van der Waals surface area contributed by atoms with E-state index < -0.39 is 23.6 Å². The van der Waals surface area contributed by atoms with Crippen LogP contribution in [-0.4, -0.2) is 47.6 Å². The van der Waals surface area contributed by atoms with Crippen LogP contribution in [0.2, 0.25) is 0 Å². The Bertz CT molecular complexity index is 1520. The highest BCUT2D eigenvalue weighted by Crippen LogP contribution is 2.35. The zero-order chi connectivity index (χ0) is 30.2. The van der Waals surface area contributed by atoms with Crippen LogP contribution in [0.25, 0.3) is 6.08 Å². The summed E-state index contributed by atoms with van der Waals surface area (Å²) in [6, 6.07) is 19.9. The molecule has 9 nitrogen and oxygen atoms in total. The number of hydrogen-bond acceptors (Lipinski definition) is 7. The third-order valence-electron chi connectivity index (χ3n) is 6.38. The van der Waals surface area contributed by atoms with Crippen molar-refractivity contribution in [2.45, 2.75) is 33.6 Å². The Morgan fingerprint density at radius 2 is 1.67 bits per heavy atom. The smallest absolute Gasteiger partial charge is 0.294 e. The van der Waals surface area contributed by atoms with Gasteiger partial charge in [-0.25, -0.2) is 0 Å². The number of anilines is 2. The summed E-state index contributed by atoms with van der Waals surface area (Å²) >= 11 is 0.763. The number of rotatable bonds is 11. The summed E-state index contributed by atoms with van der Waals surface area (Å²) in [4.78, 5) is 51.7. The summed E-state index contributed by atoms with van der Waals surface area (Å²) in [5.41, 5.74) is 3.96. The summed E-state index contributed by atoms with van der Waals surface area (Å²) in [5.74, 6) is -0.233. The molecule has 42 heavy (non-hydrogen) atoms. The van der Waals surface area contributed by atoms with Crippen molar-refractivity contribution in [3.63, 3.8) is 0 Å². The maximum Gasteiger partial charge on any atom is 0.294 e. The van der Waals surface area contributed by atoms with Crippen LogP contribution in [0.15, 0.2) is 71.6 Å². The van der Waals surface area contributed by atoms with Crippen LogP contribution < -0.4 is 20.1 Å². The lowest BCUT2D eigenvalue weighted by Gasteiger charge is -2.14. The number of carbonyl (C=O) groups excluding carboxylic acids is 4. The highest BCUT2D eigenvalue weighted by Gasteiger charge is 2.36. The number of amides is 4. The molecule has 0 spiro atoms. The number of imide groups is 1. The molecule has 4 rings (SSSR count). The van der Waals surface area contributed by atoms with E-state index in [-0.39, 0.29) is 17.4 Å². The molecule has 4 amide bonds. The summed E-state index contributed by atoms with van der Waals surface area (Å²) in [7, 11) is 0. The molecule has 0 unspecified atom stereocenters. The molecule has 0 bridgehead atoms. The molecule has 0 aromatic heterocycles. The minimum Gasteiger partial charge on any atom is -0.490 e. The zero-order valence-electron chi connectivity index (χ0n) is 23.9. The second-order valence-corrected chi connectivity index (χ2v) is 10.9. The van der Waals surface area contributed by atoms with E-state index in [1.54, 1.807) is 36.4 Å². The summed E-state index contributed by atoms with van der Waals surface area (Å²) < 4.78 is 11.4. The van der Waals surface area contributed by atoms with Crippen LogP contribution in [-0.2, 0) is 14.4 Å². The van der Waals surface area contributed by atoms with Gasteiger partial charge in [0.1, 0.15) is 6.54 Å². The van der Waals surface area contributed by atoms with Crippen molar-refractivity contribution >= 4 is 52.2 Å². The molecule has 0 saturated carbocycles. The molecule has 218 valence electrons. The van der Waals surface area contributed by atoms with Crippen molar-refractivity contribution in [1.29, 1.82) is 0 Å². The topological polar surface area (TPSA) is 114 Å². The number of carbonyl (C=O) groups is 4. The third kappa shape index (κ3) is 7.79. The number of aryl methyl sites for hydroxylation is 1. The highest BCUT2D eigenvalue weighted by molar-refractivity contribution is 8.18. The van der Waals surface area contributed by atoms with Gasteiger partial charge in [0.2, 0.25) is 5.91 Å². The van der Waals surface area contributed by atoms with Crippen LogP contribution in [0, 0.1) is 6.92 Å². The molecule has 1 fully saturated rings. The van der Waals surface area contributed by atoms with Gasteiger partial charge < -0.3 is 20.1 Å². The normalized spacial score (nSPS) is 13.9. The molecule has 1 heterocycles. The molecule has 0 aliphatic carbocycles. The molecule has 0 atom stereocenters. The van der Waals surface area contributed by atoms with E-state index >= 15 is 0 Å². The van der Waals surface area contributed by atoms with Gasteiger partial charge in [-0.3, -0.25) is 24.1 Å². The maximum absolute atomic E-state index is 13.0. The van der Waals surface area contributed by atoms with Gasteiger partial charge >= 0.3 is 0 Å². The van der Waals surface area contributed by atoms with Crippen molar-refractivity contribution in [1.82, 2.24) is 4.90 Å². The molecule has 3 aromatic carbocycles. The monoisotopic (exact) mass is 587 g/mol. The second kappa shape index (κ2) is 13.9. The Labute approximate surface area is 249 Å². The highest BCUT2D eigenvalue weighted by atomic mass is 32.2. The van der Waals surface area contributed by atoms with E-state index in [0.29, 0.717) is 41.0 Å². The first-order valence-electron chi connectivity index (χ1n) is 13.5. The zero-order valence-corrected chi connectivity index (χ0v) is 24.7. The van der Waals surface area contributed by atoms with Crippen LogP contribution >= 0.6 is 11.8 Å². The molecule has 2 N–H and O–H groups in total. The summed E-state index contributed by atoms with van der Waals surface area (Å²) in [6.45, 7) is 7.60. The fourth-order valence-corrected chi connectivity index (χ4v) is 4.97. The number of nitrogens with zero attached hydrogens (tertiary/aromatic N) is 1. The first-order chi connectivity index (χ1) is 20.1. The van der Waals surface area contributed by atoms with Crippen LogP contribution in [0.5, 0.6) is 11.5 Å². The minimum atomic E-state index is -0.554. The van der Waals surface area contributed by atoms with Crippen molar-refractivity contribution in [3.05, 3.63) is 88.3 Å². The van der Waals surface area contributed by atoms with Crippen molar-refractivity contribution < 1.29 is 28.7 Å².